The summed E-state index contributed by atoms with van der Waals surface area (Å²) >= 11 is 1.82. The van der Waals surface area contributed by atoms with Gasteiger partial charge in [0.05, 0.1) is 7.11 Å². The van der Waals surface area contributed by atoms with Crippen molar-refractivity contribution in [3.63, 3.8) is 0 Å². The van der Waals surface area contributed by atoms with Gasteiger partial charge >= 0.3 is 12.1 Å². The molecular formula is C16H29NO4S. The van der Waals surface area contributed by atoms with E-state index in [0.29, 0.717) is 6.42 Å². The van der Waals surface area contributed by atoms with Gasteiger partial charge < -0.3 is 14.8 Å². The molecule has 1 aliphatic rings. The van der Waals surface area contributed by atoms with E-state index in [1.165, 1.54) is 32.8 Å². The Morgan fingerprint density at radius 1 is 1.27 bits per heavy atom. The fraction of sp³-hybridized carbons (Fsp3) is 0.875. The molecule has 0 spiro atoms. The Balaban J connectivity index is 2.23. The number of methoxy groups -OCH3 is 1. The van der Waals surface area contributed by atoms with Crippen molar-refractivity contribution in [1.29, 1.82) is 0 Å². The van der Waals surface area contributed by atoms with Crippen LogP contribution in [0.3, 0.4) is 0 Å². The van der Waals surface area contributed by atoms with Gasteiger partial charge in [0.25, 0.3) is 0 Å². The number of ether oxygens (including phenoxy) is 2. The Bertz CT molecular complexity index is 364. The van der Waals surface area contributed by atoms with Crippen LogP contribution in [0.25, 0.3) is 0 Å². The number of carbonyl (C=O) groups excluding carboxylic acids is 2. The number of nitrogens with one attached hydrogen (secondary N) is 1. The highest BCUT2D eigenvalue weighted by Crippen LogP contribution is 2.33. The lowest BCUT2D eigenvalue weighted by molar-refractivity contribution is -0.143. The van der Waals surface area contributed by atoms with Gasteiger partial charge in [-0.3, -0.25) is 0 Å². The molecule has 1 atom stereocenters. The number of carbonyl (C=O) groups is 2. The highest BCUT2D eigenvalue weighted by Gasteiger charge is 2.24. The molecule has 0 aromatic carbocycles. The molecule has 0 aromatic heterocycles. The van der Waals surface area contributed by atoms with E-state index in [2.05, 4.69) is 5.32 Å². The van der Waals surface area contributed by atoms with Crippen LogP contribution in [0.1, 0.15) is 52.9 Å². The van der Waals surface area contributed by atoms with Gasteiger partial charge in [-0.25, -0.2) is 9.59 Å². The van der Waals surface area contributed by atoms with Gasteiger partial charge in [0.2, 0.25) is 0 Å². The lowest BCUT2D eigenvalue weighted by Crippen LogP contribution is -2.44. The first-order valence-corrected chi connectivity index (χ1v) is 9.12. The average Bonchev–Trinajstić information content (AvgIpc) is 3.22. The number of thioether (sulfide) groups is 1. The van der Waals surface area contributed by atoms with Crippen LogP contribution in [-0.2, 0) is 14.3 Å². The molecule has 6 heteroatoms. The van der Waals surface area contributed by atoms with Crippen LogP contribution < -0.4 is 5.32 Å². The fourth-order valence-corrected chi connectivity index (χ4v) is 3.00. The molecule has 5 nitrogen and oxygen atoms in total. The lowest BCUT2D eigenvalue weighted by Gasteiger charge is -2.22. The highest BCUT2D eigenvalue weighted by molar-refractivity contribution is 7.99. The Labute approximate surface area is 137 Å². The topological polar surface area (TPSA) is 64.6 Å². The van der Waals surface area contributed by atoms with Crippen LogP contribution >= 0.6 is 11.8 Å². The Hall–Kier alpha value is -0.910. The zero-order chi connectivity index (χ0) is 16.6. The van der Waals surface area contributed by atoms with Crippen molar-refractivity contribution in [3.8, 4) is 0 Å². The normalized spacial score (nSPS) is 16.0. The number of hydrogen-bond acceptors (Lipinski definition) is 5. The van der Waals surface area contributed by atoms with E-state index < -0.39 is 23.7 Å². The Kier molecular flexibility index (Phi) is 8.07. The van der Waals surface area contributed by atoms with Crippen LogP contribution in [0.15, 0.2) is 0 Å². The van der Waals surface area contributed by atoms with Gasteiger partial charge in [-0.2, -0.15) is 11.8 Å². The minimum Gasteiger partial charge on any atom is -0.467 e. The second kappa shape index (κ2) is 9.28. The smallest absolute Gasteiger partial charge is 0.408 e. The summed E-state index contributed by atoms with van der Waals surface area (Å²) < 4.78 is 9.92. The van der Waals surface area contributed by atoms with Crippen LogP contribution in [0.4, 0.5) is 4.79 Å². The van der Waals surface area contributed by atoms with Gasteiger partial charge in [0, 0.05) is 0 Å². The minimum atomic E-state index is -0.643. The molecule has 1 fully saturated rings. The zero-order valence-electron chi connectivity index (χ0n) is 14.1. The maximum atomic E-state index is 11.8. The molecule has 22 heavy (non-hydrogen) atoms. The molecule has 0 aromatic rings. The predicted octanol–water partition coefficient (Wildman–Crippen LogP) is 3.37. The van der Waals surface area contributed by atoms with E-state index in [9.17, 15) is 9.59 Å². The maximum absolute atomic E-state index is 11.8. The van der Waals surface area contributed by atoms with Crippen LogP contribution in [0, 0.1) is 5.92 Å². The first kappa shape index (κ1) is 19.1. The molecule has 0 radical (unpaired) electrons. The second-order valence-corrected chi connectivity index (χ2v) is 7.93. The third-order valence-electron chi connectivity index (χ3n) is 3.33. The lowest BCUT2D eigenvalue weighted by atomic mass is 10.2. The van der Waals surface area contributed by atoms with Crippen LogP contribution in [0.5, 0.6) is 0 Å². The Morgan fingerprint density at radius 2 is 1.95 bits per heavy atom. The molecule has 0 saturated heterocycles. The first-order chi connectivity index (χ1) is 10.3. The molecule has 128 valence electrons. The molecule has 1 amide bonds. The third kappa shape index (κ3) is 9.18. The molecule has 1 N–H and O–H groups in total. The van der Waals surface area contributed by atoms with E-state index in [0.717, 1.165) is 17.4 Å². The Morgan fingerprint density at radius 3 is 2.50 bits per heavy atom. The van der Waals surface area contributed by atoms with Gasteiger partial charge in [0.1, 0.15) is 11.6 Å². The number of rotatable bonds is 9. The van der Waals surface area contributed by atoms with Crippen LogP contribution in [-0.4, -0.2) is 42.3 Å². The van der Waals surface area contributed by atoms with Gasteiger partial charge in [-0.05, 0) is 57.5 Å². The van der Waals surface area contributed by atoms with Crippen LogP contribution in [0.2, 0.25) is 0 Å². The summed E-state index contributed by atoms with van der Waals surface area (Å²) in [5.74, 6) is 2.47. The van der Waals surface area contributed by atoms with Crippen molar-refractivity contribution in [2.75, 3.05) is 18.6 Å². The summed E-state index contributed by atoms with van der Waals surface area (Å²) in [6.45, 7) is 5.36. The SMILES string of the molecule is COC(=O)[C@H](CCSCCCC1CC1)NC(=O)OC(C)(C)C. The monoisotopic (exact) mass is 331 g/mol. The number of esters is 1. The molecule has 0 unspecified atom stereocenters. The summed E-state index contributed by atoms with van der Waals surface area (Å²) in [5, 5.41) is 2.59. The van der Waals surface area contributed by atoms with E-state index in [1.807, 2.05) is 11.8 Å². The van der Waals surface area contributed by atoms with Gasteiger partial charge in [-0.1, -0.05) is 12.8 Å². The molecule has 1 aliphatic carbocycles. The van der Waals surface area contributed by atoms with Gasteiger partial charge in [0.15, 0.2) is 0 Å². The molecule has 1 saturated carbocycles. The standard InChI is InChI=1S/C16H29NO4S/c1-16(2,3)21-15(19)17-13(14(18)20-4)9-11-22-10-5-6-12-7-8-12/h12-13H,5-11H2,1-4H3,(H,17,19)/t13-/m0/s1. The number of alkyl carbamates (subject to hydrolysis) is 1. The van der Waals surface area contributed by atoms with E-state index in [-0.39, 0.29) is 0 Å². The van der Waals surface area contributed by atoms with Gasteiger partial charge in [-0.15, -0.1) is 0 Å². The summed E-state index contributed by atoms with van der Waals surface area (Å²) in [4.78, 5) is 23.5. The van der Waals surface area contributed by atoms with Crippen molar-refractivity contribution >= 4 is 23.8 Å². The summed E-state index contributed by atoms with van der Waals surface area (Å²) in [6.07, 6.45) is 5.33. The quantitative estimate of drug-likeness (QED) is 0.518. The molecule has 0 heterocycles. The van der Waals surface area contributed by atoms with Crippen molar-refractivity contribution in [2.24, 2.45) is 5.92 Å². The fourth-order valence-electron chi connectivity index (χ4n) is 2.02. The molecule has 1 rings (SSSR count). The third-order valence-corrected chi connectivity index (χ3v) is 4.43. The summed E-state index contributed by atoms with van der Waals surface area (Å²) in [6, 6.07) is -0.643. The molecular weight excluding hydrogens is 302 g/mol. The van der Waals surface area contributed by atoms with E-state index >= 15 is 0 Å². The number of amides is 1. The van der Waals surface area contributed by atoms with Crippen molar-refractivity contribution < 1.29 is 19.1 Å². The molecule has 0 aliphatic heterocycles. The minimum absolute atomic E-state index is 0.426. The second-order valence-electron chi connectivity index (χ2n) is 6.71. The largest absolute Gasteiger partial charge is 0.467 e. The average molecular weight is 331 g/mol. The summed E-state index contributed by atoms with van der Waals surface area (Å²) in [5.41, 5.74) is -0.581. The predicted molar refractivity (Wildman–Crippen MR) is 89.1 cm³/mol. The summed E-state index contributed by atoms with van der Waals surface area (Å²) in [7, 11) is 1.33. The van der Waals surface area contributed by atoms with Crippen molar-refractivity contribution in [2.45, 2.75) is 64.5 Å². The first-order valence-electron chi connectivity index (χ1n) is 7.97. The van der Waals surface area contributed by atoms with Crippen molar-refractivity contribution in [3.05, 3.63) is 0 Å². The number of hydrogen-bond donors (Lipinski definition) is 1. The van der Waals surface area contributed by atoms with E-state index in [1.54, 1.807) is 20.8 Å². The highest BCUT2D eigenvalue weighted by atomic mass is 32.2. The van der Waals surface area contributed by atoms with Crippen molar-refractivity contribution in [1.82, 2.24) is 5.32 Å². The maximum Gasteiger partial charge on any atom is 0.408 e. The van der Waals surface area contributed by atoms with E-state index in [4.69, 9.17) is 9.47 Å². The molecule has 0 bridgehead atoms. The zero-order valence-corrected chi connectivity index (χ0v) is 15.0.